The fourth-order valence-corrected chi connectivity index (χ4v) is 2.32. The molecule has 1 aliphatic heterocycles. The summed E-state index contributed by atoms with van der Waals surface area (Å²) in [7, 11) is 4.12. The standard InChI is InChI=1S/C11H19ClN4/c1-15(9-3-5-13-6-4-9)8-11-14-7-10(12)16(11)2/h7,9,13H,3-6,8H2,1-2H3. The van der Waals surface area contributed by atoms with E-state index >= 15 is 0 Å². The monoisotopic (exact) mass is 242 g/mol. The van der Waals surface area contributed by atoms with E-state index in [1.54, 1.807) is 6.20 Å². The normalized spacial score (nSPS) is 18.2. The topological polar surface area (TPSA) is 33.1 Å². The van der Waals surface area contributed by atoms with E-state index in [1.807, 2.05) is 11.6 Å². The van der Waals surface area contributed by atoms with Crippen LogP contribution in [-0.2, 0) is 13.6 Å². The van der Waals surface area contributed by atoms with Crippen LogP contribution in [0.3, 0.4) is 0 Å². The molecule has 0 spiro atoms. The van der Waals surface area contributed by atoms with Crippen LogP contribution in [0.4, 0.5) is 0 Å². The number of nitrogens with zero attached hydrogens (tertiary/aromatic N) is 3. The summed E-state index contributed by atoms with van der Waals surface area (Å²) in [6, 6.07) is 0.664. The maximum Gasteiger partial charge on any atom is 0.128 e. The number of aromatic nitrogens is 2. The van der Waals surface area contributed by atoms with E-state index < -0.39 is 0 Å². The summed E-state index contributed by atoms with van der Waals surface area (Å²) in [6.07, 6.45) is 4.15. The molecular formula is C11H19ClN4. The molecule has 0 unspecified atom stereocenters. The molecular weight excluding hydrogens is 224 g/mol. The van der Waals surface area contributed by atoms with Crippen LogP contribution in [0.25, 0.3) is 0 Å². The second-order valence-electron chi connectivity index (χ2n) is 4.45. The molecule has 2 rings (SSSR count). The number of imidazole rings is 1. The van der Waals surface area contributed by atoms with E-state index in [9.17, 15) is 0 Å². The fraction of sp³-hybridized carbons (Fsp3) is 0.727. The first-order valence-corrected chi connectivity index (χ1v) is 6.13. The molecule has 1 aromatic rings. The predicted octanol–water partition coefficient (Wildman–Crippen LogP) is 1.26. The Morgan fingerprint density at radius 2 is 2.25 bits per heavy atom. The summed E-state index contributed by atoms with van der Waals surface area (Å²) in [5, 5.41) is 4.08. The lowest BCUT2D eigenvalue weighted by atomic mass is 10.1. The second-order valence-corrected chi connectivity index (χ2v) is 4.84. The van der Waals surface area contributed by atoms with Crippen LogP contribution in [-0.4, -0.2) is 40.6 Å². The number of piperidine rings is 1. The van der Waals surface area contributed by atoms with Crippen LogP contribution < -0.4 is 5.32 Å². The van der Waals surface area contributed by atoms with E-state index in [0.717, 1.165) is 25.5 Å². The van der Waals surface area contributed by atoms with Crippen molar-refractivity contribution in [2.24, 2.45) is 7.05 Å². The molecule has 0 saturated carbocycles. The highest BCUT2D eigenvalue weighted by atomic mass is 35.5. The molecule has 0 amide bonds. The first kappa shape index (κ1) is 11.9. The van der Waals surface area contributed by atoms with Gasteiger partial charge in [-0.1, -0.05) is 11.6 Å². The molecule has 90 valence electrons. The van der Waals surface area contributed by atoms with Crippen LogP contribution in [0.1, 0.15) is 18.7 Å². The Bertz CT molecular complexity index is 344. The van der Waals surface area contributed by atoms with Crippen LogP contribution in [0, 0.1) is 0 Å². The number of rotatable bonds is 3. The molecule has 0 aliphatic carbocycles. The highest BCUT2D eigenvalue weighted by Gasteiger charge is 2.19. The van der Waals surface area contributed by atoms with Gasteiger partial charge in [0.05, 0.1) is 12.7 Å². The molecule has 16 heavy (non-hydrogen) atoms. The Balaban J connectivity index is 1.95. The molecule has 1 N–H and O–H groups in total. The number of nitrogens with one attached hydrogen (secondary N) is 1. The zero-order valence-electron chi connectivity index (χ0n) is 9.91. The van der Waals surface area contributed by atoms with Crippen molar-refractivity contribution < 1.29 is 0 Å². The van der Waals surface area contributed by atoms with Crippen molar-refractivity contribution in [3.8, 4) is 0 Å². The summed E-state index contributed by atoms with van der Waals surface area (Å²) in [5.74, 6) is 1.03. The van der Waals surface area contributed by atoms with Gasteiger partial charge < -0.3 is 9.88 Å². The quantitative estimate of drug-likeness (QED) is 0.867. The minimum atomic E-state index is 0.664. The average Bonchev–Trinajstić information content (AvgIpc) is 2.62. The molecule has 1 saturated heterocycles. The summed E-state index contributed by atoms with van der Waals surface area (Å²) in [6.45, 7) is 3.11. The second kappa shape index (κ2) is 5.17. The third kappa shape index (κ3) is 2.56. The van der Waals surface area contributed by atoms with Crippen molar-refractivity contribution in [2.75, 3.05) is 20.1 Å². The Morgan fingerprint density at radius 1 is 1.56 bits per heavy atom. The molecule has 5 heteroatoms. The van der Waals surface area contributed by atoms with Gasteiger partial charge in [-0.15, -0.1) is 0 Å². The van der Waals surface area contributed by atoms with Gasteiger partial charge in [-0.2, -0.15) is 0 Å². The molecule has 2 heterocycles. The predicted molar refractivity (Wildman–Crippen MR) is 65.6 cm³/mol. The Morgan fingerprint density at radius 3 is 2.81 bits per heavy atom. The van der Waals surface area contributed by atoms with Gasteiger partial charge in [0.15, 0.2) is 0 Å². The number of hydrogen-bond donors (Lipinski definition) is 1. The van der Waals surface area contributed by atoms with E-state index in [0.29, 0.717) is 11.2 Å². The van der Waals surface area contributed by atoms with Crippen LogP contribution in [0.5, 0.6) is 0 Å². The third-order valence-corrected chi connectivity index (χ3v) is 3.70. The van der Waals surface area contributed by atoms with Gasteiger partial charge in [-0.05, 0) is 33.0 Å². The highest BCUT2D eigenvalue weighted by molar-refractivity contribution is 6.29. The first-order chi connectivity index (χ1) is 7.68. The third-order valence-electron chi connectivity index (χ3n) is 3.35. The maximum absolute atomic E-state index is 5.97. The summed E-state index contributed by atoms with van der Waals surface area (Å²) in [5.41, 5.74) is 0. The average molecular weight is 243 g/mol. The number of hydrogen-bond acceptors (Lipinski definition) is 3. The lowest BCUT2D eigenvalue weighted by Crippen LogP contribution is -2.41. The van der Waals surface area contributed by atoms with Crippen LogP contribution >= 0.6 is 11.6 Å². The minimum absolute atomic E-state index is 0.664. The van der Waals surface area contributed by atoms with Crippen molar-refractivity contribution in [1.82, 2.24) is 19.8 Å². The number of halogens is 1. The van der Waals surface area contributed by atoms with Crippen molar-refractivity contribution in [1.29, 1.82) is 0 Å². The molecule has 1 aromatic heterocycles. The van der Waals surface area contributed by atoms with Gasteiger partial charge in [0.2, 0.25) is 0 Å². The van der Waals surface area contributed by atoms with Gasteiger partial charge in [0.1, 0.15) is 11.0 Å². The molecule has 1 fully saturated rings. The van der Waals surface area contributed by atoms with Gasteiger partial charge >= 0.3 is 0 Å². The summed E-state index contributed by atoms with van der Waals surface area (Å²) in [4.78, 5) is 6.70. The fourth-order valence-electron chi connectivity index (χ4n) is 2.17. The Kier molecular flexibility index (Phi) is 3.84. The van der Waals surface area contributed by atoms with Gasteiger partial charge in [-0.3, -0.25) is 4.90 Å². The largest absolute Gasteiger partial charge is 0.321 e. The highest BCUT2D eigenvalue weighted by Crippen LogP contribution is 2.15. The molecule has 4 nitrogen and oxygen atoms in total. The summed E-state index contributed by atoms with van der Waals surface area (Å²) < 4.78 is 1.94. The lowest BCUT2D eigenvalue weighted by molar-refractivity contribution is 0.186. The van der Waals surface area contributed by atoms with E-state index in [-0.39, 0.29) is 0 Å². The first-order valence-electron chi connectivity index (χ1n) is 5.75. The Hall–Kier alpha value is -0.580. The zero-order valence-corrected chi connectivity index (χ0v) is 10.7. The van der Waals surface area contributed by atoms with E-state index in [4.69, 9.17) is 11.6 Å². The Labute approximate surface area is 102 Å². The summed E-state index contributed by atoms with van der Waals surface area (Å²) >= 11 is 5.97. The molecule has 0 atom stereocenters. The van der Waals surface area contributed by atoms with E-state index in [1.165, 1.54) is 12.8 Å². The van der Waals surface area contributed by atoms with Crippen LogP contribution in [0.15, 0.2) is 6.20 Å². The molecule has 0 radical (unpaired) electrons. The lowest BCUT2D eigenvalue weighted by Gasteiger charge is -2.31. The van der Waals surface area contributed by atoms with Gasteiger partial charge in [-0.25, -0.2) is 4.98 Å². The van der Waals surface area contributed by atoms with E-state index in [2.05, 4.69) is 22.2 Å². The van der Waals surface area contributed by atoms with Gasteiger partial charge in [0, 0.05) is 13.1 Å². The minimum Gasteiger partial charge on any atom is -0.321 e. The van der Waals surface area contributed by atoms with Crippen molar-refractivity contribution in [2.45, 2.75) is 25.4 Å². The molecule has 0 aromatic carbocycles. The smallest absolute Gasteiger partial charge is 0.128 e. The van der Waals surface area contributed by atoms with Crippen molar-refractivity contribution in [3.05, 3.63) is 17.2 Å². The van der Waals surface area contributed by atoms with Crippen molar-refractivity contribution >= 4 is 11.6 Å². The van der Waals surface area contributed by atoms with Crippen LogP contribution in [0.2, 0.25) is 5.15 Å². The molecule has 0 bridgehead atoms. The van der Waals surface area contributed by atoms with Crippen molar-refractivity contribution in [3.63, 3.8) is 0 Å². The zero-order chi connectivity index (χ0) is 11.5. The SMILES string of the molecule is CN(Cc1ncc(Cl)n1C)C1CCNCC1. The molecule has 1 aliphatic rings. The van der Waals surface area contributed by atoms with Gasteiger partial charge in [0.25, 0.3) is 0 Å². The maximum atomic E-state index is 5.97.